The highest BCUT2D eigenvalue weighted by Gasteiger charge is 2.08. The normalized spacial score (nSPS) is 11.6. The highest BCUT2D eigenvalue weighted by Crippen LogP contribution is 2.23. The van der Waals surface area contributed by atoms with Gasteiger partial charge in [-0.3, -0.25) is 4.79 Å². The summed E-state index contributed by atoms with van der Waals surface area (Å²) in [7, 11) is 0. The Morgan fingerprint density at radius 2 is 2.38 bits per heavy atom. The van der Waals surface area contributed by atoms with E-state index >= 15 is 0 Å². The lowest BCUT2D eigenvalue weighted by Gasteiger charge is -2.06. The molecule has 0 aliphatic rings. The Labute approximate surface area is 108 Å². The number of hydrogen-bond acceptors (Lipinski definition) is 2. The molecule has 3 nitrogen and oxygen atoms in total. The Kier molecular flexibility index (Phi) is 4.78. The van der Waals surface area contributed by atoms with Gasteiger partial charge in [0.05, 0.1) is 17.0 Å². The van der Waals surface area contributed by atoms with Crippen molar-refractivity contribution in [2.45, 2.75) is 6.92 Å². The van der Waals surface area contributed by atoms with Crippen LogP contribution in [0.1, 0.15) is 17.3 Å². The van der Waals surface area contributed by atoms with Gasteiger partial charge < -0.3 is 5.32 Å². The zero-order valence-corrected chi connectivity index (χ0v) is 11.0. The highest BCUT2D eigenvalue weighted by atomic mass is 79.9. The Hall–Kier alpha value is -1.05. The Balaban J connectivity index is 2.67. The van der Waals surface area contributed by atoms with E-state index in [1.165, 1.54) is 0 Å². The van der Waals surface area contributed by atoms with Crippen LogP contribution in [0.3, 0.4) is 0 Å². The number of benzene rings is 1. The van der Waals surface area contributed by atoms with Crippen LogP contribution < -0.4 is 5.32 Å². The van der Waals surface area contributed by atoms with E-state index in [0.717, 1.165) is 4.47 Å². The largest absolute Gasteiger partial charge is 0.351 e. The van der Waals surface area contributed by atoms with Gasteiger partial charge in [0.15, 0.2) is 0 Å². The zero-order chi connectivity index (χ0) is 12.1. The maximum absolute atomic E-state index is 11.6. The predicted molar refractivity (Wildman–Crippen MR) is 66.3 cm³/mol. The van der Waals surface area contributed by atoms with Gasteiger partial charge in [0.25, 0.3) is 5.91 Å². The molecule has 16 heavy (non-hydrogen) atoms. The smallest absolute Gasteiger partial charge is 0.251 e. The summed E-state index contributed by atoms with van der Waals surface area (Å²) in [6, 6.07) is 7.01. The van der Waals surface area contributed by atoms with Gasteiger partial charge in [-0.25, -0.2) is 0 Å². The van der Waals surface area contributed by atoms with E-state index in [0.29, 0.717) is 17.1 Å². The maximum atomic E-state index is 11.6. The number of amides is 1. The molecule has 0 bridgehead atoms. The highest BCUT2D eigenvalue weighted by molar-refractivity contribution is 9.10. The third-order valence-electron chi connectivity index (χ3n) is 1.97. The third-order valence-corrected chi connectivity index (χ3v) is 3.20. The molecule has 1 amide bonds. The number of nitriles is 1. The van der Waals surface area contributed by atoms with E-state index in [9.17, 15) is 4.79 Å². The lowest BCUT2D eigenvalue weighted by molar-refractivity contribution is 0.0951. The molecule has 0 saturated carbocycles. The summed E-state index contributed by atoms with van der Waals surface area (Å²) in [6.45, 7) is 2.08. The van der Waals surface area contributed by atoms with Gasteiger partial charge in [-0.15, -0.1) is 0 Å². The first kappa shape index (κ1) is 13.0. The Morgan fingerprint density at radius 1 is 1.69 bits per heavy atom. The standard InChI is InChI=1S/C11H10BrClN2O/c1-7(5-14)6-15-11(16)8-2-3-9(12)10(13)4-8/h2-4,7H,6H2,1H3,(H,15,16). The number of hydrogen-bond donors (Lipinski definition) is 1. The minimum Gasteiger partial charge on any atom is -0.351 e. The fourth-order valence-electron chi connectivity index (χ4n) is 1.03. The molecular weight excluding hydrogens is 291 g/mol. The van der Waals surface area contributed by atoms with Gasteiger partial charge in [0, 0.05) is 16.6 Å². The van der Waals surface area contributed by atoms with Gasteiger partial charge >= 0.3 is 0 Å². The van der Waals surface area contributed by atoms with Gasteiger partial charge in [0.1, 0.15) is 0 Å². The molecular formula is C11H10BrClN2O. The summed E-state index contributed by atoms with van der Waals surface area (Å²) in [6.07, 6.45) is 0. The molecule has 5 heteroatoms. The molecule has 1 atom stereocenters. The van der Waals surface area contributed by atoms with Crippen molar-refractivity contribution in [3.8, 4) is 6.07 Å². The van der Waals surface area contributed by atoms with E-state index in [1.54, 1.807) is 25.1 Å². The van der Waals surface area contributed by atoms with Crippen molar-refractivity contribution in [1.82, 2.24) is 5.32 Å². The number of carbonyl (C=O) groups is 1. The molecule has 0 aliphatic heterocycles. The van der Waals surface area contributed by atoms with Crippen LogP contribution in [-0.2, 0) is 0 Å². The molecule has 0 fully saturated rings. The van der Waals surface area contributed by atoms with Crippen LogP contribution >= 0.6 is 27.5 Å². The minimum atomic E-state index is -0.225. The Morgan fingerprint density at radius 3 is 2.94 bits per heavy atom. The molecule has 0 spiro atoms. The van der Waals surface area contributed by atoms with Crippen molar-refractivity contribution in [3.05, 3.63) is 33.3 Å². The van der Waals surface area contributed by atoms with Crippen molar-refractivity contribution >= 4 is 33.4 Å². The van der Waals surface area contributed by atoms with Gasteiger partial charge in [-0.05, 0) is 41.1 Å². The summed E-state index contributed by atoms with van der Waals surface area (Å²) in [5.41, 5.74) is 0.485. The van der Waals surface area contributed by atoms with Crippen molar-refractivity contribution in [2.24, 2.45) is 5.92 Å². The summed E-state index contributed by atoms with van der Waals surface area (Å²) >= 11 is 9.11. The first-order valence-corrected chi connectivity index (χ1v) is 5.84. The molecule has 0 saturated heterocycles. The molecule has 1 N–H and O–H groups in total. The summed E-state index contributed by atoms with van der Waals surface area (Å²) < 4.78 is 0.746. The molecule has 1 aromatic carbocycles. The molecule has 0 heterocycles. The van der Waals surface area contributed by atoms with Crippen molar-refractivity contribution in [1.29, 1.82) is 5.26 Å². The molecule has 1 unspecified atom stereocenters. The second-order valence-corrected chi connectivity index (χ2v) is 4.63. The number of nitrogens with one attached hydrogen (secondary N) is 1. The topological polar surface area (TPSA) is 52.9 Å². The summed E-state index contributed by atoms with van der Waals surface area (Å²) in [5.74, 6) is -0.425. The van der Waals surface area contributed by atoms with Gasteiger partial charge in [0.2, 0.25) is 0 Å². The monoisotopic (exact) mass is 300 g/mol. The summed E-state index contributed by atoms with van der Waals surface area (Å²) in [5, 5.41) is 11.7. The molecule has 0 aromatic heterocycles. The van der Waals surface area contributed by atoms with Crippen LogP contribution in [-0.4, -0.2) is 12.5 Å². The number of rotatable bonds is 3. The van der Waals surface area contributed by atoms with Crippen molar-refractivity contribution in [2.75, 3.05) is 6.54 Å². The van der Waals surface area contributed by atoms with Crippen LogP contribution in [0.2, 0.25) is 5.02 Å². The van der Waals surface area contributed by atoms with Crippen LogP contribution in [0.25, 0.3) is 0 Å². The van der Waals surface area contributed by atoms with E-state index in [1.807, 2.05) is 6.07 Å². The molecule has 0 radical (unpaired) electrons. The van der Waals surface area contributed by atoms with Gasteiger partial charge in [-0.1, -0.05) is 11.6 Å². The zero-order valence-electron chi connectivity index (χ0n) is 8.63. The van der Waals surface area contributed by atoms with Crippen molar-refractivity contribution < 1.29 is 4.79 Å². The molecule has 84 valence electrons. The van der Waals surface area contributed by atoms with Crippen LogP contribution in [0.5, 0.6) is 0 Å². The van der Waals surface area contributed by atoms with E-state index in [4.69, 9.17) is 16.9 Å². The van der Waals surface area contributed by atoms with E-state index in [-0.39, 0.29) is 11.8 Å². The van der Waals surface area contributed by atoms with Gasteiger partial charge in [-0.2, -0.15) is 5.26 Å². The second kappa shape index (κ2) is 5.88. The lowest BCUT2D eigenvalue weighted by Crippen LogP contribution is -2.27. The Bertz CT molecular complexity index is 442. The lowest BCUT2D eigenvalue weighted by atomic mass is 10.2. The maximum Gasteiger partial charge on any atom is 0.251 e. The second-order valence-electron chi connectivity index (χ2n) is 3.37. The first-order chi connectivity index (χ1) is 7.54. The first-order valence-electron chi connectivity index (χ1n) is 4.67. The number of nitrogens with zero attached hydrogens (tertiary/aromatic N) is 1. The van der Waals surface area contributed by atoms with E-state index in [2.05, 4.69) is 21.2 Å². The van der Waals surface area contributed by atoms with E-state index < -0.39 is 0 Å². The number of carbonyl (C=O) groups excluding carboxylic acids is 1. The average molecular weight is 302 g/mol. The minimum absolute atomic E-state index is 0.199. The molecule has 1 aromatic rings. The average Bonchev–Trinajstić information content (AvgIpc) is 2.29. The van der Waals surface area contributed by atoms with Crippen LogP contribution in [0, 0.1) is 17.2 Å². The van der Waals surface area contributed by atoms with Crippen LogP contribution in [0.15, 0.2) is 22.7 Å². The third kappa shape index (κ3) is 3.51. The fourth-order valence-corrected chi connectivity index (χ4v) is 1.46. The van der Waals surface area contributed by atoms with Crippen LogP contribution in [0.4, 0.5) is 0 Å². The fraction of sp³-hybridized carbons (Fsp3) is 0.273. The van der Waals surface area contributed by atoms with Crippen molar-refractivity contribution in [3.63, 3.8) is 0 Å². The quantitative estimate of drug-likeness (QED) is 0.933. The summed E-state index contributed by atoms with van der Waals surface area (Å²) in [4.78, 5) is 11.6. The SMILES string of the molecule is CC(C#N)CNC(=O)c1ccc(Br)c(Cl)c1. The molecule has 0 aliphatic carbocycles. The number of halogens is 2. The molecule has 1 rings (SSSR count). The predicted octanol–water partition coefficient (Wildman–Crippen LogP) is 2.99.